The number of nitrogen functional groups attached to an aromatic ring is 1. The van der Waals surface area contributed by atoms with Crippen molar-refractivity contribution in [3.63, 3.8) is 0 Å². The number of anilines is 2. The monoisotopic (exact) mass is 246 g/mol. The lowest BCUT2D eigenvalue weighted by atomic mass is 10.2. The van der Waals surface area contributed by atoms with E-state index in [0.717, 1.165) is 6.54 Å². The van der Waals surface area contributed by atoms with Crippen LogP contribution in [0.25, 0.3) is 10.9 Å². The molecule has 0 radical (unpaired) electrons. The van der Waals surface area contributed by atoms with Crippen molar-refractivity contribution in [2.24, 2.45) is 0 Å². The molecule has 0 aliphatic heterocycles. The van der Waals surface area contributed by atoms with E-state index < -0.39 is 0 Å². The van der Waals surface area contributed by atoms with Crippen LogP contribution in [-0.2, 0) is 0 Å². The van der Waals surface area contributed by atoms with Crippen LogP contribution < -0.4 is 16.2 Å². The second kappa shape index (κ2) is 4.68. The first-order valence-electron chi connectivity index (χ1n) is 6.09. The molecule has 0 aliphatic carbocycles. The summed E-state index contributed by atoms with van der Waals surface area (Å²) in [6.07, 6.45) is 0. The lowest BCUT2D eigenvalue weighted by Gasteiger charge is -2.25. The summed E-state index contributed by atoms with van der Waals surface area (Å²) in [6.45, 7) is 6.96. The summed E-state index contributed by atoms with van der Waals surface area (Å²) in [5.74, 6) is 0.606. The zero-order valence-corrected chi connectivity index (χ0v) is 10.9. The number of rotatable bonds is 3. The van der Waals surface area contributed by atoms with Gasteiger partial charge in [-0.3, -0.25) is 9.78 Å². The van der Waals surface area contributed by atoms with Gasteiger partial charge in [0.15, 0.2) is 0 Å². The van der Waals surface area contributed by atoms with Crippen LogP contribution in [0.2, 0.25) is 0 Å². The molecule has 5 heteroatoms. The summed E-state index contributed by atoms with van der Waals surface area (Å²) >= 11 is 0. The Morgan fingerprint density at radius 3 is 2.78 bits per heavy atom. The average molecular weight is 246 g/mol. The van der Waals surface area contributed by atoms with Crippen molar-refractivity contribution in [2.75, 3.05) is 17.2 Å². The van der Waals surface area contributed by atoms with Crippen LogP contribution in [-0.4, -0.2) is 22.6 Å². The largest absolute Gasteiger partial charge is 0.399 e. The topological polar surface area (TPSA) is 75.0 Å². The van der Waals surface area contributed by atoms with Gasteiger partial charge in [0.2, 0.25) is 5.95 Å². The zero-order chi connectivity index (χ0) is 13.3. The fraction of sp³-hybridized carbons (Fsp3) is 0.385. The molecule has 0 bridgehead atoms. The lowest BCUT2D eigenvalue weighted by molar-refractivity contribution is 0.681. The van der Waals surface area contributed by atoms with E-state index in [1.54, 1.807) is 18.2 Å². The molecule has 0 atom stereocenters. The molecular weight excluding hydrogens is 228 g/mol. The predicted octanol–water partition coefficient (Wildman–Crippen LogP) is 1.74. The third-order valence-corrected chi connectivity index (χ3v) is 2.95. The third-order valence-electron chi connectivity index (χ3n) is 2.95. The maximum Gasteiger partial charge on any atom is 0.260 e. The molecule has 18 heavy (non-hydrogen) atoms. The number of hydrogen-bond acceptors (Lipinski definition) is 4. The maximum absolute atomic E-state index is 12.0. The van der Waals surface area contributed by atoms with Crippen molar-refractivity contribution in [3.05, 3.63) is 28.6 Å². The molecule has 1 heterocycles. The van der Waals surface area contributed by atoms with E-state index in [-0.39, 0.29) is 11.6 Å². The molecule has 0 unspecified atom stereocenters. The van der Waals surface area contributed by atoms with Gasteiger partial charge in [-0.05, 0) is 39.0 Å². The van der Waals surface area contributed by atoms with Crippen LogP contribution >= 0.6 is 0 Å². The van der Waals surface area contributed by atoms with Crippen LogP contribution in [0.5, 0.6) is 0 Å². The van der Waals surface area contributed by atoms with Crippen LogP contribution in [0.4, 0.5) is 11.6 Å². The van der Waals surface area contributed by atoms with Crippen molar-refractivity contribution < 1.29 is 0 Å². The summed E-state index contributed by atoms with van der Waals surface area (Å²) in [6, 6.07) is 5.46. The third kappa shape index (κ3) is 2.16. The number of H-pyrrole nitrogens is 1. The molecular formula is C13H18N4O. The SMILES string of the molecule is CCN(c1nc2ccc(N)cc2c(=O)[nH]1)C(C)C. The molecule has 1 aromatic carbocycles. The Labute approximate surface area is 106 Å². The van der Waals surface area contributed by atoms with E-state index >= 15 is 0 Å². The van der Waals surface area contributed by atoms with E-state index in [1.807, 2.05) is 11.8 Å². The summed E-state index contributed by atoms with van der Waals surface area (Å²) < 4.78 is 0. The Kier molecular flexibility index (Phi) is 3.23. The minimum Gasteiger partial charge on any atom is -0.399 e. The molecule has 3 N–H and O–H groups in total. The van der Waals surface area contributed by atoms with E-state index in [4.69, 9.17) is 5.73 Å². The quantitative estimate of drug-likeness (QED) is 0.809. The number of aromatic amines is 1. The van der Waals surface area contributed by atoms with E-state index in [1.165, 1.54) is 0 Å². The molecule has 96 valence electrons. The van der Waals surface area contributed by atoms with Gasteiger partial charge in [-0.1, -0.05) is 0 Å². The lowest BCUT2D eigenvalue weighted by Crippen LogP contribution is -2.33. The van der Waals surface area contributed by atoms with Crippen molar-refractivity contribution in [1.82, 2.24) is 9.97 Å². The van der Waals surface area contributed by atoms with Crippen LogP contribution in [0.15, 0.2) is 23.0 Å². The number of hydrogen-bond donors (Lipinski definition) is 2. The second-order valence-corrected chi connectivity index (χ2v) is 4.55. The molecule has 0 saturated carbocycles. The number of aromatic nitrogens is 2. The molecule has 2 aromatic rings. The van der Waals surface area contributed by atoms with Crippen molar-refractivity contribution in [3.8, 4) is 0 Å². The van der Waals surface area contributed by atoms with Gasteiger partial charge in [0.1, 0.15) is 0 Å². The summed E-state index contributed by atoms with van der Waals surface area (Å²) in [7, 11) is 0. The van der Waals surface area contributed by atoms with Crippen molar-refractivity contribution in [2.45, 2.75) is 26.8 Å². The summed E-state index contributed by atoms with van der Waals surface area (Å²) in [5, 5.41) is 0.526. The van der Waals surface area contributed by atoms with Gasteiger partial charge in [-0.15, -0.1) is 0 Å². The predicted molar refractivity (Wildman–Crippen MR) is 74.9 cm³/mol. The first-order chi connectivity index (χ1) is 8.52. The number of benzene rings is 1. The average Bonchev–Trinajstić information content (AvgIpc) is 2.30. The van der Waals surface area contributed by atoms with Gasteiger partial charge in [0, 0.05) is 18.3 Å². The summed E-state index contributed by atoms with van der Waals surface area (Å²) in [5.41, 5.74) is 6.76. The van der Waals surface area contributed by atoms with E-state index in [0.29, 0.717) is 22.5 Å². The van der Waals surface area contributed by atoms with Gasteiger partial charge in [0.25, 0.3) is 5.56 Å². The van der Waals surface area contributed by atoms with Crippen LogP contribution in [0, 0.1) is 0 Å². The minimum absolute atomic E-state index is 0.151. The molecule has 0 fully saturated rings. The molecule has 5 nitrogen and oxygen atoms in total. The van der Waals surface area contributed by atoms with Gasteiger partial charge in [-0.25, -0.2) is 4.98 Å². The molecule has 0 amide bonds. The highest BCUT2D eigenvalue weighted by Gasteiger charge is 2.12. The molecule has 1 aromatic heterocycles. The summed E-state index contributed by atoms with van der Waals surface area (Å²) in [4.78, 5) is 21.4. The van der Waals surface area contributed by atoms with Crippen LogP contribution in [0.1, 0.15) is 20.8 Å². The van der Waals surface area contributed by atoms with Crippen LogP contribution in [0.3, 0.4) is 0 Å². The normalized spacial score (nSPS) is 11.1. The number of nitrogens with two attached hydrogens (primary N) is 1. The van der Waals surface area contributed by atoms with Crippen molar-refractivity contribution in [1.29, 1.82) is 0 Å². The highest BCUT2D eigenvalue weighted by Crippen LogP contribution is 2.16. The molecule has 0 aliphatic rings. The number of nitrogens with zero attached hydrogens (tertiary/aromatic N) is 2. The first kappa shape index (κ1) is 12.4. The van der Waals surface area contributed by atoms with Crippen molar-refractivity contribution >= 4 is 22.5 Å². The first-order valence-corrected chi connectivity index (χ1v) is 6.09. The minimum atomic E-state index is -0.151. The molecule has 2 rings (SSSR count). The Hall–Kier alpha value is -2.04. The fourth-order valence-corrected chi connectivity index (χ4v) is 2.04. The maximum atomic E-state index is 12.0. The smallest absolute Gasteiger partial charge is 0.260 e. The zero-order valence-electron chi connectivity index (χ0n) is 10.9. The Morgan fingerprint density at radius 2 is 2.17 bits per heavy atom. The van der Waals surface area contributed by atoms with Gasteiger partial charge in [-0.2, -0.15) is 0 Å². The van der Waals surface area contributed by atoms with E-state index in [2.05, 4.69) is 23.8 Å². The molecule has 0 saturated heterocycles. The highest BCUT2D eigenvalue weighted by atomic mass is 16.1. The number of nitrogens with one attached hydrogen (secondary N) is 1. The second-order valence-electron chi connectivity index (χ2n) is 4.55. The Bertz CT molecular complexity index is 618. The fourth-order valence-electron chi connectivity index (χ4n) is 2.04. The van der Waals surface area contributed by atoms with Gasteiger partial charge in [0.05, 0.1) is 10.9 Å². The Morgan fingerprint density at radius 1 is 1.44 bits per heavy atom. The molecule has 0 spiro atoms. The van der Waals surface area contributed by atoms with E-state index in [9.17, 15) is 4.79 Å². The Balaban J connectivity index is 2.62. The standard InChI is InChI=1S/C13H18N4O/c1-4-17(8(2)3)13-15-11-6-5-9(14)7-10(11)12(18)16-13/h5-8H,4,14H2,1-3H3,(H,15,16,18). The van der Waals surface area contributed by atoms with Gasteiger partial charge >= 0.3 is 0 Å². The highest BCUT2D eigenvalue weighted by molar-refractivity contribution is 5.81. The number of fused-ring (bicyclic) bond motifs is 1. The van der Waals surface area contributed by atoms with Gasteiger partial charge < -0.3 is 10.6 Å².